The number of rotatable bonds is 6. The van der Waals surface area contributed by atoms with Gasteiger partial charge in [0.05, 0.1) is 0 Å². The van der Waals surface area contributed by atoms with Gasteiger partial charge in [-0.05, 0) is 60.0 Å². The van der Waals surface area contributed by atoms with Crippen LogP contribution < -0.4 is 15.5 Å². The number of nitrogens with two attached hydrogens (primary N) is 1. The van der Waals surface area contributed by atoms with Gasteiger partial charge < -0.3 is 15.5 Å². The summed E-state index contributed by atoms with van der Waals surface area (Å²) in [6.07, 6.45) is 3.07. The normalized spacial score (nSPS) is 12.9. The molecule has 0 saturated heterocycles. The maximum absolute atomic E-state index is 13.2. The summed E-state index contributed by atoms with van der Waals surface area (Å²) >= 11 is 0. The van der Waals surface area contributed by atoms with Gasteiger partial charge in [0.15, 0.2) is 0 Å². The topological polar surface area (TPSA) is 73.4 Å². The van der Waals surface area contributed by atoms with Crippen molar-refractivity contribution in [1.82, 2.24) is 0 Å². The minimum Gasteiger partial charge on any atom is -0.384 e. The number of amidine groups is 1. The summed E-state index contributed by atoms with van der Waals surface area (Å²) in [6.45, 7) is 0.758. The van der Waals surface area contributed by atoms with Crippen molar-refractivity contribution in [2.75, 3.05) is 23.4 Å². The lowest BCUT2D eigenvalue weighted by Crippen LogP contribution is -2.35. The summed E-state index contributed by atoms with van der Waals surface area (Å²) in [6, 6.07) is 28.9. The Hall–Kier alpha value is -4.12. The molecule has 0 atom stereocenters. The van der Waals surface area contributed by atoms with E-state index in [1.807, 2.05) is 29.2 Å². The van der Waals surface area contributed by atoms with Crippen LogP contribution in [0, 0.1) is 5.41 Å². The smallest absolute Gasteiger partial charge is 0.227 e. The highest BCUT2D eigenvalue weighted by Gasteiger charge is 2.23. The quantitative estimate of drug-likeness (QED) is 0.281. The maximum Gasteiger partial charge on any atom is 0.227 e. The van der Waals surface area contributed by atoms with Gasteiger partial charge in [-0.15, -0.1) is 0 Å². The van der Waals surface area contributed by atoms with E-state index in [1.54, 1.807) is 0 Å². The van der Waals surface area contributed by atoms with Crippen LogP contribution >= 0.6 is 0 Å². The minimum atomic E-state index is 0.0583. The van der Waals surface area contributed by atoms with Gasteiger partial charge in [-0.25, -0.2) is 0 Å². The highest BCUT2D eigenvalue weighted by molar-refractivity contribution is 5.97. The van der Waals surface area contributed by atoms with Gasteiger partial charge in [0.1, 0.15) is 5.84 Å². The molecular weight excluding hydrogens is 432 g/mol. The highest BCUT2D eigenvalue weighted by Crippen LogP contribution is 2.35. The number of carbonyl (C=O) groups is 1. The molecule has 5 nitrogen and oxygen atoms in total. The van der Waals surface area contributed by atoms with Crippen LogP contribution in [0.5, 0.6) is 0 Å². The van der Waals surface area contributed by atoms with Crippen LogP contribution in [0.1, 0.15) is 29.5 Å². The molecule has 0 saturated carbocycles. The van der Waals surface area contributed by atoms with E-state index >= 15 is 0 Å². The molecule has 0 unspecified atom stereocenters. The van der Waals surface area contributed by atoms with Crippen LogP contribution in [0.25, 0.3) is 10.8 Å². The number of hydrogen-bond acceptors (Lipinski definition) is 3. The molecule has 5 rings (SSSR count). The van der Waals surface area contributed by atoms with Gasteiger partial charge in [-0.1, -0.05) is 60.7 Å². The van der Waals surface area contributed by atoms with Gasteiger partial charge in [0.2, 0.25) is 5.91 Å². The first-order valence-corrected chi connectivity index (χ1v) is 12.1. The third-order valence-corrected chi connectivity index (χ3v) is 6.89. The Morgan fingerprint density at radius 3 is 2.57 bits per heavy atom. The lowest BCUT2D eigenvalue weighted by atomic mass is 9.99. The van der Waals surface area contributed by atoms with E-state index in [0.717, 1.165) is 36.3 Å². The second kappa shape index (κ2) is 9.63. The molecule has 35 heavy (non-hydrogen) atoms. The van der Waals surface area contributed by atoms with Gasteiger partial charge in [0, 0.05) is 48.0 Å². The van der Waals surface area contributed by atoms with E-state index in [-0.39, 0.29) is 11.7 Å². The number of carbonyl (C=O) groups excluding carboxylic acids is 1. The zero-order valence-electron chi connectivity index (χ0n) is 20.0. The molecule has 0 fully saturated rings. The summed E-state index contributed by atoms with van der Waals surface area (Å²) in [5.41, 5.74) is 11.9. The third-order valence-electron chi connectivity index (χ3n) is 6.89. The number of benzene rings is 4. The number of anilines is 3. The molecule has 5 heteroatoms. The van der Waals surface area contributed by atoms with Crippen molar-refractivity contribution in [3.63, 3.8) is 0 Å². The molecule has 1 amide bonds. The molecule has 1 aliphatic rings. The summed E-state index contributed by atoms with van der Waals surface area (Å²) in [5, 5.41) is 9.97. The van der Waals surface area contributed by atoms with Crippen LogP contribution in [0.15, 0.2) is 84.9 Å². The first kappa shape index (κ1) is 22.7. The lowest BCUT2D eigenvalue weighted by molar-refractivity contribution is -0.118. The number of nitrogens with one attached hydrogen (secondary N) is 1. The molecule has 0 bridgehead atoms. The van der Waals surface area contributed by atoms with Gasteiger partial charge in [0.25, 0.3) is 0 Å². The Bertz CT molecular complexity index is 1390. The van der Waals surface area contributed by atoms with Crippen molar-refractivity contribution >= 4 is 39.6 Å². The number of nitrogen functional groups attached to an aromatic ring is 1. The maximum atomic E-state index is 13.2. The van der Waals surface area contributed by atoms with Crippen LogP contribution in [0.4, 0.5) is 17.1 Å². The van der Waals surface area contributed by atoms with E-state index < -0.39 is 0 Å². The molecule has 3 N–H and O–H groups in total. The van der Waals surface area contributed by atoms with Crippen LogP contribution in [0.3, 0.4) is 0 Å². The standard InChI is InChI=1S/C30H30N4O/c1-33(28-10-4-7-22-6-2-3-9-26(22)28)25-16-17-27-24(20-25)8-5-19-34(27)29(35)18-13-21-11-14-23(15-12-21)30(31)32/h2-4,6-7,9-12,14-17,20H,5,8,13,18-19H2,1H3,(H3,31,32). The van der Waals surface area contributed by atoms with Crippen molar-refractivity contribution in [2.24, 2.45) is 5.73 Å². The molecule has 0 radical (unpaired) electrons. The predicted octanol–water partition coefficient (Wildman–Crippen LogP) is 5.80. The van der Waals surface area contributed by atoms with Crippen LogP contribution in [0.2, 0.25) is 0 Å². The average molecular weight is 463 g/mol. The van der Waals surface area contributed by atoms with E-state index in [9.17, 15) is 4.79 Å². The number of fused-ring (bicyclic) bond motifs is 2. The monoisotopic (exact) mass is 462 g/mol. The van der Waals surface area contributed by atoms with Crippen molar-refractivity contribution in [2.45, 2.75) is 25.7 Å². The van der Waals surface area contributed by atoms with E-state index in [4.69, 9.17) is 11.1 Å². The fourth-order valence-electron chi connectivity index (χ4n) is 4.93. The number of aryl methyl sites for hydroxylation is 2. The Balaban J connectivity index is 1.33. The third kappa shape index (κ3) is 4.62. The fourth-order valence-corrected chi connectivity index (χ4v) is 4.93. The largest absolute Gasteiger partial charge is 0.384 e. The average Bonchev–Trinajstić information content (AvgIpc) is 2.90. The van der Waals surface area contributed by atoms with Gasteiger partial charge >= 0.3 is 0 Å². The first-order valence-electron chi connectivity index (χ1n) is 12.1. The van der Waals surface area contributed by atoms with Crippen LogP contribution in [-0.2, 0) is 17.6 Å². The number of nitrogens with zero attached hydrogens (tertiary/aromatic N) is 2. The Labute approximate surface area is 206 Å². The second-order valence-corrected chi connectivity index (χ2v) is 9.13. The van der Waals surface area contributed by atoms with E-state index in [0.29, 0.717) is 18.4 Å². The lowest BCUT2D eigenvalue weighted by Gasteiger charge is -2.31. The number of amides is 1. The molecule has 0 spiro atoms. The molecule has 0 aliphatic carbocycles. The van der Waals surface area contributed by atoms with Crippen molar-refractivity contribution in [1.29, 1.82) is 5.41 Å². The molecular formula is C30H30N4O. The predicted molar refractivity (Wildman–Crippen MR) is 145 cm³/mol. The summed E-state index contributed by atoms with van der Waals surface area (Å²) in [5.74, 6) is 0.208. The van der Waals surface area contributed by atoms with Crippen molar-refractivity contribution in [3.8, 4) is 0 Å². The van der Waals surface area contributed by atoms with E-state index in [1.165, 1.54) is 22.0 Å². The Kier molecular flexibility index (Phi) is 6.23. The SMILES string of the molecule is CN(c1ccc2c(c1)CCCN2C(=O)CCc1ccc(C(=N)N)cc1)c1cccc2ccccc12. The zero-order valence-corrected chi connectivity index (χ0v) is 20.0. The van der Waals surface area contributed by atoms with Crippen molar-refractivity contribution < 1.29 is 4.79 Å². The first-order chi connectivity index (χ1) is 17.0. The summed E-state index contributed by atoms with van der Waals surface area (Å²) in [4.78, 5) is 17.3. The Morgan fingerprint density at radius 1 is 1.00 bits per heavy atom. The fraction of sp³-hybridized carbons (Fsp3) is 0.200. The molecule has 176 valence electrons. The second-order valence-electron chi connectivity index (χ2n) is 9.13. The molecule has 0 aromatic heterocycles. The summed E-state index contributed by atoms with van der Waals surface area (Å²) < 4.78 is 0. The molecule has 1 aliphatic heterocycles. The van der Waals surface area contributed by atoms with Crippen LogP contribution in [-0.4, -0.2) is 25.3 Å². The van der Waals surface area contributed by atoms with E-state index in [2.05, 4.69) is 72.6 Å². The van der Waals surface area contributed by atoms with Crippen molar-refractivity contribution in [3.05, 3.63) is 102 Å². The molecule has 1 heterocycles. The molecule has 4 aromatic carbocycles. The Morgan fingerprint density at radius 2 is 1.77 bits per heavy atom. The highest BCUT2D eigenvalue weighted by atomic mass is 16.2. The molecule has 4 aromatic rings. The van der Waals surface area contributed by atoms with Gasteiger partial charge in [-0.2, -0.15) is 0 Å². The zero-order chi connectivity index (χ0) is 24.4. The number of hydrogen-bond donors (Lipinski definition) is 2. The minimum absolute atomic E-state index is 0.0583. The van der Waals surface area contributed by atoms with Gasteiger partial charge in [-0.3, -0.25) is 10.2 Å². The summed E-state index contributed by atoms with van der Waals surface area (Å²) in [7, 11) is 2.10.